The summed E-state index contributed by atoms with van der Waals surface area (Å²) in [5.41, 5.74) is 0.694. The van der Waals surface area contributed by atoms with Crippen molar-refractivity contribution in [1.29, 1.82) is 0 Å². The maximum absolute atomic E-state index is 14.3. The quantitative estimate of drug-likeness (QED) is 0.870. The van der Waals surface area contributed by atoms with Crippen LogP contribution in [0.5, 0.6) is 5.75 Å². The Balaban J connectivity index is 1.72. The molecule has 1 atom stereocenters. The minimum absolute atomic E-state index is 0.246. The molecule has 2 heterocycles. The van der Waals surface area contributed by atoms with E-state index in [2.05, 4.69) is 14.5 Å². The zero-order valence-corrected chi connectivity index (χ0v) is 13.1. The molecule has 0 N–H and O–H groups in total. The first-order valence-corrected chi connectivity index (χ1v) is 7.70. The first-order valence-electron chi connectivity index (χ1n) is 7.70. The average Bonchev–Trinajstić information content (AvgIpc) is 2.96. The average molecular weight is 303 g/mol. The van der Waals surface area contributed by atoms with Gasteiger partial charge < -0.3 is 9.30 Å². The number of likely N-dealkylation sites (tertiary alicyclic amines) is 1. The number of piperidine rings is 1. The minimum Gasteiger partial charge on any atom is -0.494 e. The molecule has 0 bridgehead atoms. The fraction of sp³-hybridized carbons (Fsp3) is 0.471. The SMILES string of the molecule is COc1cccc(CN2CCC[C@@H](c3nccn3C)C2)c1F. The highest BCUT2D eigenvalue weighted by atomic mass is 19.1. The largest absolute Gasteiger partial charge is 0.494 e. The van der Waals surface area contributed by atoms with E-state index in [1.807, 2.05) is 31.6 Å². The molecule has 0 unspecified atom stereocenters. The van der Waals surface area contributed by atoms with Crippen LogP contribution in [0, 0.1) is 5.82 Å². The van der Waals surface area contributed by atoms with Gasteiger partial charge in [-0.3, -0.25) is 4.90 Å². The summed E-state index contributed by atoms with van der Waals surface area (Å²) < 4.78 is 21.4. The summed E-state index contributed by atoms with van der Waals surface area (Å²) in [6, 6.07) is 5.34. The second-order valence-corrected chi connectivity index (χ2v) is 5.90. The molecule has 1 aliphatic heterocycles. The van der Waals surface area contributed by atoms with Gasteiger partial charge in [0, 0.05) is 44.0 Å². The topological polar surface area (TPSA) is 30.3 Å². The Morgan fingerprint density at radius 1 is 1.41 bits per heavy atom. The number of rotatable bonds is 4. The van der Waals surface area contributed by atoms with E-state index in [4.69, 9.17) is 4.74 Å². The van der Waals surface area contributed by atoms with Gasteiger partial charge in [-0.05, 0) is 25.5 Å². The first-order chi connectivity index (χ1) is 10.7. The van der Waals surface area contributed by atoms with Gasteiger partial charge in [0.2, 0.25) is 0 Å². The molecule has 118 valence electrons. The van der Waals surface area contributed by atoms with Gasteiger partial charge in [-0.25, -0.2) is 9.37 Å². The fourth-order valence-corrected chi connectivity index (χ4v) is 3.26. The molecule has 2 aromatic rings. The van der Waals surface area contributed by atoms with E-state index in [-0.39, 0.29) is 5.82 Å². The molecule has 1 aromatic heterocycles. The first kappa shape index (κ1) is 15.0. The molecule has 1 saturated heterocycles. The zero-order valence-electron chi connectivity index (χ0n) is 13.1. The number of halogens is 1. The predicted octanol–water partition coefficient (Wildman–Crippen LogP) is 2.95. The van der Waals surface area contributed by atoms with E-state index in [0.29, 0.717) is 23.8 Å². The van der Waals surface area contributed by atoms with Crippen molar-refractivity contribution in [2.24, 2.45) is 7.05 Å². The third-order valence-electron chi connectivity index (χ3n) is 4.39. The van der Waals surface area contributed by atoms with Gasteiger partial charge in [0.05, 0.1) is 7.11 Å². The van der Waals surface area contributed by atoms with Crippen LogP contribution in [0.15, 0.2) is 30.6 Å². The normalized spacial score (nSPS) is 19.3. The minimum atomic E-state index is -0.246. The highest BCUT2D eigenvalue weighted by molar-refractivity contribution is 5.31. The van der Waals surface area contributed by atoms with Gasteiger partial charge in [-0.1, -0.05) is 12.1 Å². The van der Waals surface area contributed by atoms with Crippen molar-refractivity contribution < 1.29 is 9.13 Å². The Kier molecular flexibility index (Phi) is 4.43. The summed E-state index contributed by atoms with van der Waals surface area (Å²) >= 11 is 0. The molecule has 3 rings (SSSR count). The maximum atomic E-state index is 14.3. The lowest BCUT2D eigenvalue weighted by Gasteiger charge is -2.32. The smallest absolute Gasteiger partial charge is 0.169 e. The molecule has 5 heteroatoms. The van der Waals surface area contributed by atoms with Crippen LogP contribution >= 0.6 is 0 Å². The van der Waals surface area contributed by atoms with Crippen LogP contribution < -0.4 is 4.74 Å². The van der Waals surface area contributed by atoms with Gasteiger partial charge in [0.25, 0.3) is 0 Å². The lowest BCUT2D eigenvalue weighted by Crippen LogP contribution is -2.35. The lowest BCUT2D eigenvalue weighted by molar-refractivity contribution is 0.192. The van der Waals surface area contributed by atoms with Gasteiger partial charge >= 0.3 is 0 Å². The number of hydrogen-bond acceptors (Lipinski definition) is 3. The number of aryl methyl sites for hydroxylation is 1. The molecule has 0 aliphatic carbocycles. The van der Waals surface area contributed by atoms with Crippen molar-refractivity contribution in [2.45, 2.75) is 25.3 Å². The number of aromatic nitrogens is 2. The summed E-state index contributed by atoms with van der Waals surface area (Å²) in [7, 11) is 3.53. The van der Waals surface area contributed by atoms with Crippen LogP contribution in [-0.2, 0) is 13.6 Å². The molecular weight excluding hydrogens is 281 g/mol. The molecule has 1 fully saturated rings. The maximum Gasteiger partial charge on any atom is 0.169 e. The molecular formula is C17H22FN3O. The Hall–Kier alpha value is -1.88. The molecule has 1 aromatic carbocycles. The molecule has 0 saturated carbocycles. The monoisotopic (exact) mass is 303 g/mol. The molecule has 22 heavy (non-hydrogen) atoms. The van der Waals surface area contributed by atoms with Crippen LogP contribution in [0.4, 0.5) is 4.39 Å². The van der Waals surface area contributed by atoms with Crippen LogP contribution in [0.25, 0.3) is 0 Å². The van der Waals surface area contributed by atoms with Crippen LogP contribution in [0.1, 0.15) is 30.1 Å². The Labute approximate surface area is 130 Å². The van der Waals surface area contributed by atoms with E-state index in [1.165, 1.54) is 7.11 Å². The lowest BCUT2D eigenvalue weighted by atomic mass is 9.96. The number of methoxy groups -OCH3 is 1. The van der Waals surface area contributed by atoms with Crippen molar-refractivity contribution in [3.63, 3.8) is 0 Å². The fourth-order valence-electron chi connectivity index (χ4n) is 3.26. The summed E-state index contributed by atoms with van der Waals surface area (Å²) in [6.45, 7) is 2.53. The number of imidazole rings is 1. The molecule has 1 aliphatic rings. The standard InChI is InChI=1S/C17H22FN3O/c1-20-10-8-19-17(20)14-6-4-9-21(12-14)11-13-5-3-7-15(22-2)16(13)18/h3,5,7-8,10,14H,4,6,9,11-12H2,1-2H3/t14-/m1/s1. The van der Waals surface area contributed by atoms with Crippen molar-refractivity contribution in [3.05, 3.63) is 47.8 Å². The van der Waals surface area contributed by atoms with Crippen molar-refractivity contribution in [1.82, 2.24) is 14.5 Å². The summed E-state index contributed by atoms with van der Waals surface area (Å²) in [5, 5.41) is 0. The molecule has 0 spiro atoms. The van der Waals surface area contributed by atoms with Crippen LogP contribution in [0.2, 0.25) is 0 Å². The second-order valence-electron chi connectivity index (χ2n) is 5.90. The van der Waals surface area contributed by atoms with E-state index in [1.54, 1.807) is 6.07 Å². The van der Waals surface area contributed by atoms with Crippen LogP contribution in [-0.4, -0.2) is 34.7 Å². The summed E-state index contributed by atoms with van der Waals surface area (Å²) in [6.07, 6.45) is 6.08. The second kappa shape index (κ2) is 6.48. The van der Waals surface area contributed by atoms with E-state index in [9.17, 15) is 4.39 Å². The van der Waals surface area contributed by atoms with E-state index in [0.717, 1.165) is 31.8 Å². The van der Waals surface area contributed by atoms with Gasteiger partial charge in [-0.2, -0.15) is 0 Å². The zero-order chi connectivity index (χ0) is 15.5. The van der Waals surface area contributed by atoms with E-state index >= 15 is 0 Å². The third kappa shape index (κ3) is 2.99. The van der Waals surface area contributed by atoms with Crippen LogP contribution in [0.3, 0.4) is 0 Å². The third-order valence-corrected chi connectivity index (χ3v) is 4.39. The summed E-state index contributed by atoms with van der Waals surface area (Å²) in [5.74, 6) is 1.61. The van der Waals surface area contributed by atoms with Crippen molar-refractivity contribution in [3.8, 4) is 5.75 Å². The van der Waals surface area contributed by atoms with Gasteiger partial charge in [0.15, 0.2) is 11.6 Å². The highest BCUT2D eigenvalue weighted by Gasteiger charge is 2.24. The highest BCUT2D eigenvalue weighted by Crippen LogP contribution is 2.28. The predicted molar refractivity (Wildman–Crippen MR) is 83.4 cm³/mol. The number of hydrogen-bond donors (Lipinski definition) is 0. The number of ether oxygens (including phenoxy) is 1. The van der Waals surface area contributed by atoms with Crippen molar-refractivity contribution in [2.75, 3.05) is 20.2 Å². The van der Waals surface area contributed by atoms with Gasteiger partial charge in [-0.15, -0.1) is 0 Å². The number of benzene rings is 1. The van der Waals surface area contributed by atoms with E-state index < -0.39 is 0 Å². The Morgan fingerprint density at radius 2 is 2.27 bits per heavy atom. The Morgan fingerprint density at radius 3 is 3.00 bits per heavy atom. The van der Waals surface area contributed by atoms with Crippen molar-refractivity contribution >= 4 is 0 Å². The summed E-state index contributed by atoms with van der Waals surface area (Å²) in [4.78, 5) is 6.77. The molecule has 0 radical (unpaired) electrons. The molecule has 4 nitrogen and oxygen atoms in total. The van der Waals surface area contributed by atoms with Gasteiger partial charge in [0.1, 0.15) is 5.82 Å². The Bertz CT molecular complexity index is 641. The molecule has 0 amide bonds. The number of nitrogens with zero attached hydrogens (tertiary/aromatic N) is 3.